The lowest BCUT2D eigenvalue weighted by Gasteiger charge is -2.19. The highest BCUT2D eigenvalue weighted by atomic mass is 35.5. The van der Waals surface area contributed by atoms with E-state index >= 15 is 0 Å². The number of para-hydroxylation sites is 1. The number of anilines is 2. The number of alkyl halides is 3. The number of halogens is 4. The molecule has 5 nitrogen and oxygen atoms in total. The van der Waals surface area contributed by atoms with Gasteiger partial charge >= 0.3 is 12.2 Å². The normalized spacial score (nSPS) is 17.2. The standard InChI is InChI=1S/C17H16ClF3N4O/c18-13-3-1-2-4-14(13)24-16(26)23-12-7-8-25(10-12)15-6-5-11(9-22-15)17(19,20)21/h1-6,9,12H,7-8,10H2,(H2,23,24,26)/t12-/m1/s1. The van der Waals surface area contributed by atoms with Crippen molar-refractivity contribution in [2.45, 2.75) is 18.6 Å². The Labute approximate surface area is 153 Å². The molecule has 0 bridgehead atoms. The Kier molecular flexibility index (Phi) is 5.22. The van der Waals surface area contributed by atoms with Gasteiger partial charge in [0.25, 0.3) is 0 Å². The van der Waals surface area contributed by atoms with E-state index in [0.717, 1.165) is 12.3 Å². The summed E-state index contributed by atoms with van der Waals surface area (Å²) in [4.78, 5) is 17.8. The van der Waals surface area contributed by atoms with Crippen LogP contribution >= 0.6 is 11.6 Å². The van der Waals surface area contributed by atoms with Gasteiger partial charge in [0.05, 0.1) is 16.3 Å². The smallest absolute Gasteiger partial charge is 0.354 e. The Morgan fingerprint density at radius 3 is 2.65 bits per heavy atom. The van der Waals surface area contributed by atoms with E-state index < -0.39 is 11.7 Å². The number of hydrogen-bond donors (Lipinski definition) is 2. The van der Waals surface area contributed by atoms with E-state index in [0.29, 0.717) is 36.0 Å². The van der Waals surface area contributed by atoms with Crippen molar-refractivity contribution in [3.63, 3.8) is 0 Å². The third kappa shape index (κ3) is 4.37. The minimum atomic E-state index is -4.41. The lowest BCUT2D eigenvalue weighted by atomic mass is 10.2. The maximum absolute atomic E-state index is 12.6. The van der Waals surface area contributed by atoms with E-state index in [9.17, 15) is 18.0 Å². The first-order valence-electron chi connectivity index (χ1n) is 7.93. The first-order chi connectivity index (χ1) is 12.3. The van der Waals surface area contributed by atoms with Crippen LogP contribution in [-0.2, 0) is 6.18 Å². The van der Waals surface area contributed by atoms with Gasteiger partial charge in [-0.2, -0.15) is 13.2 Å². The molecular formula is C17H16ClF3N4O. The molecule has 2 aromatic rings. The topological polar surface area (TPSA) is 57.3 Å². The quantitative estimate of drug-likeness (QED) is 0.835. The van der Waals surface area contributed by atoms with Gasteiger partial charge in [-0.15, -0.1) is 0 Å². The summed E-state index contributed by atoms with van der Waals surface area (Å²) in [6.45, 7) is 1.06. The molecule has 0 spiro atoms. The van der Waals surface area contributed by atoms with Gasteiger partial charge in [0.2, 0.25) is 0 Å². The van der Waals surface area contributed by atoms with Crippen molar-refractivity contribution in [3.05, 3.63) is 53.2 Å². The predicted molar refractivity (Wildman–Crippen MR) is 93.5 cm³/mol. The Morgan fingerprint density at radius 1 is 1.23 bits per heavy atom. The second-order valence-electron chi connectivity index (χ2n) is 5.91. The lowest BCUT2D eigenvalue weighted by molar-refractivity contribution is -0.137. The molecule has 2 heterocycles. The highest BCUT2D eigenvalue weighted by Gasteiger charge is 2.31. The number of rotatable bonds is 3. The number of carbonyl (C=O) groups is 1. The molecule has 2 amide bonds. The number of benzene rings is 1. The molecule has 9 heteroatoms. The molecule has 1 aromatic heterocycles. The van der Waals surface area contributed by atoms with E-state index in [1.54, 1.807) is 24.3 Å². The van der Waals surface area contributed by atoms with Gasteiger partial charge in [-0.05, 0) is 30.7 Å². The maximum atomic E-state index is 12.6. The number of nitrogens with zero attached hydrogens (tertiary/aromatic N) is 2. The van der Waals surface area contributed by atoms with Crippen LogP contribution in [0.5, 0.6) is 0 Å². The summed E-state index contributed by atoms with van der Waals surface area (Å²) in [5, 5.41) is 5.94. The molecule has 0 unspecified atom stereocenters. The molecule has 1 atom stereocenters. The Bertz CT molecular complexity index is 782. The summed E-state index contributed by atoms with van der Waals surface area (Å²) in [6.07, 6.45) is -2.92. The molecule has 0 saturated carbocycles. The van der Waals surface area contributed by atoms with Gasteiger partial charge in [-0.3, -0.25) is 0 Å². The first kappa shape index (κ1) is 18.3. The van der Waals surface area contributed by atoms with Gasteiger partial charge in [0.1, 0.15) is 5.82 Å². The second-order valence-corrected chi connectivity index (χ2v) is 6.32. The first-order valence-corrected chi connectivity index (χ1v) is 8.31. The largest absolute Gasteiger partial charge is 0.417 e. The highest BCUT2D eigenvalue weighted by molar-refractivity contribution is 6.33. The zero-order valence-corrected chi connectivity index (χ0v) is 14.3. The number of urea groups is 1. The fourth-order valence-electron chi connectivity index (χ4n) is 2.73. The van der Waals surface area contributed by atoms with E-state index in [2.05, 4.69) is 15.6 Å². The molecule has 1 aromatic carbocycles. The Balaban J connectivity index is 1.55. The highest BCUT2D eigenvalue weighted by Crippen LogP contribution is 2.30. The van der Waals surface area contributed by atoms with Gasteiger partial charge in [-0.25, -0.2) is 9.78 Å². The van der Waals surface area contributed by atoms with E-state index in [1.807, 2.05) is 4.90 Å². The zero-order chi connectivity index (χ0) is 18.7. The minimum absolute atomic E-state index is 0.137. The van der Waals surface area contributed by atoms with Crippen molar-refractivity contribution in [2.75, 3.05) is 23.3 Å². The average molecular weight is 385 g/mol. The van der Waals surface area contributed by atoms with Crippen molar-refractivity contribution < 1.29 is 18.0 Å². The van der Waals surface area contributed by atoms with Crippen LogP contribution < -0.4 is 15.5 Å². The van der Waals surface area contributed by atoms with Crippen molar-refractivity contribution in [1.82, 2.24) is 10.3 Å². The van der Waals surface area contributed by atoms with Crippen LogP contribution in [0.1, 0.15) is 12.0 Å². The molecule has 2 N–H and O–H groups in total. The minimum Gasteiger partial charge on any atom is -0.354 e. The van der Waals surface area contributed by atoms with E-state index in [1.165, 1.54) is 6.07 Å². The van der Waals surface area contributed by atoms with Gasteiger partial charge in [0.15, 0.2) is 0 Å². The van der Waals surface area contributed by atoms with E-state index in [-0.39, 0.29) is 12.1 Å². The molecule has 138 valence electrons. The molecule has 0 radical (unpaired) electrons. The molecular weight excluding hydrogens is 369 g/mol. The van der Waals surface area contributed by atoms with E-state index in [4.69, 9.17) is 11.6 Å². The third-order valence-corrected chi connectivity index (χ3v) is 4.37. The summed E-state index contributed by atoms with van der Waals surface area (Å²) < 4.78 is 37.8. The van der Waals surface area contributed by atoms with Crippen LogP contribution in [0.3, 0.4) is 0 Å². The van der Waals surface area contributed by atoms with Crippen molar-refractivity contribution >= 4 is 29.1 Å². The zero-order valence-electron chi connectivity index (χ0n) is 13.6. The van der Waals surface area contributed by atoms with Crippen molar-refractivity contribution in [1.29, 1.82) is 0 Å². The predicted octanol–water partition coefficient (Wildman–Crippen LogP) is 4.15. The van der Waals surface area contributed by atoms with Gasteiger partial charge < -0.3 is 15.5 Å². The fourth-order valence-corrected chi connectivity index (χ4v) is 2.92. The Hall–Kier alpha value is -2.48. The summed E-state index contributed by atoms with van der Waals surface area (Å²) >= 11 is 5.99. The van der Waals surface area contributed by atoms with Crippen LogP contribution in [0.25, 0.3) is 0 Å². The summed E-state index contributed by atoms with van der Waals surface area (Å²) in [7, 11) is 0. The molecule has 1 fully saturated rings. The third-order valence-electron chi connectivity index (χ3n) is 4.04. The summed E-state index contributed by atoms with van der Waals surface area (Å²) in [6, 6.07) is 8.71. The maximum Gasteiger partial charge on any atom is 0.417 e. The van der Waals surface area contributed by atoms with Crippen LogP contribution in [0.2, 0.25) is 5.02 Å². The van der Waals surface area contributed by atoms with Crippen LogP contribution in [0, 0.1) is 0 Å². The lowest BCUT2D eigenvalue weighted by Crippen LogP contribution is -2.39. The molecule has 1 aliphatic rings. The van der Waals surface area contributed by atoms with Gasteiger partial charge in [0, 0.05) is 25.3 Å². The average Bonchev–Trinajstić information content (AvgIpc) is 3.05. The molecule has 3 rings (SSSR count). The SMILES string of the molecule is O=C(Nc1ccccc1Cl)N[C@@H]1CCN(c2ccc(C(F)(F)F)cn2)C1. The van der Waals surface area contributed by atoms with Crippen molar-refractivity contribution in [2.24, 2.45) is 0 Å². The van der Waals surface area contributed by atoms with Crippen LogP contribution in [-0.4, -0.2) is 30.1 Å². The Morgan fingerprint density at radius 2 is 2.00 bits per heavy atom. The molecule has 1 aliphatic heterocycles. The van der Waals surface area contributed by atoms with Crippen LogP contribution in [0.15, 0.2) is 42.6 Å². The number of aromatic nitrogens is 1. The van der Waals surface area contributed by atoms with Gasteiger partial charge in [-0.1, -0.05) is 23.7 Å². The fraction of sp³-hybridized carbons (Fsp3) is 0.294. The number of nitrogens with one attached hydrogen (secondary N) is 2. The van der Waals surface area contributed by atoms with Crippen molar-refractivity contribution in [3.8, 4) is 0 Å². The van der Waals surface area contributed by atoms with Crippen LogP contribution in [0.4, 0.5) is 29.5 Å². The number of hydrogen-bond acceptors (Lipinski definition) is 3. The number of carbonyl (C=O) groups excluding carboxylic acids is 1. The summed E-state index contributed by atoms with van der Waals surface area (Å²) in [5.41, 5.74) is -0.278. The molecule has 1 saturated heterocycles. The molecule has 0 aliphatic carbocycles. The second kappa shape index (κ2) is 7.41. The molecule has 26 heavy (non-hydrogen) atoms. The number of pyridine rings is 1. The number of amides is 2. The monoisotopic (exact) mass is 384 g/mol. The summed E-state index contributed by atoms with van der Waals surface area (Å²) in [5.74, 6) is 0.453.